The van der Waals surface area contributed by atoms with Gasteiger partial charge in [0.15, 0.2) is 0 Å². The minimum absolute atomic E-state index is 0.205. The number of aliphatic hydroxyl groups excluding tert-OH is 1. The van der Waals surface area contributed by atoms with Gasteiger partial charge in [-0.3, -0.25) is 4.79 Å². The number of rotatable bonds is 5. The van der Waals surface area contributed by atoms with Crippen molar-refractivity contribution in [1.82, 2.24) is 20.2 Å². The normalized spacial score (nSPS) is 12.0. The van der Waals surface area contributed by atoms with Crippen molar-refractivity contribution >= 4 is 5.91 Å². The molecule has 23 heavy (non-hydrogen) atoms. The first-order valence-corrected chi connectivity index (χ1v) is 7.04. The summed E-state index contributed by atoms with van der Waals surface area (Å²) in [7, 11) is 0. The Morgan fingerprint density at radius 2 is 1.83 bits per heavy atom. The van der Waals surface area contributed by atoms with Crippen LogP contribution in [0.4, 0.5) is 0 Å². The Labute approximate surface area is 132 Å². The maximum absolute atomic E-state index is 11.1. The van der Waals surface area contributed by atoms with Gasteiger partial charge in [-0.1, -0.05) is 42.5 Å². The molecule has 2 aromatic carbocycles. The summed E-state index contributed by atoms with van der Waals surface area (Å²) in [5.41, 5.74) is 7.13. The summed E-state index contributed by atoms with van der Waals surface area (Å²) in [5.74, 6) is -0.0690. The minimum Gasteiger partial charge on any atom is -0.386 e. The van der Waals surface area contributed by atoms with E-state index in [1.165, 1.54) is 4.80 Å². The predicted molar refractivity (Wildman–Crippen MR) is 83.2 cm³/mol. The van der Waals surface area contributed by atoms with E-state index in [-0.39, 0.29) is 6.54 Å². The predicted octanol–water partition coefficient (Wildman–Crippen LogP) is 1.17. The van der Waals surface area contributed by atoms with Crippen LogP contribution in [0.3, 0.4) is 0 Å². The molecule has 0 spiro atoms. The fourth-order valence-electron chi connectivity index (χ4n) is 2.15. The molecule has 1 unspecified atom stereocenters. The van der Waals surface area contributed by atoms with Gasteiger partial charge in [-0.15, -0.1) is 10.2 Å². The van der Waals surface area contributed by atoms with Crippen LogP contribution in [0, 0.1) is 0 Å². The molecule has 0 aliphatic rings. The number of aromatic nitrogens is 4. The molecule has 0 radical (unpaired) electrons. The number of benzene rings is 2. The highest BCUT2D eigenvalue weighted by Gasteiger charge is 2.12. The number of nitrogens with two attached hydrogens (primary N) is 1. The third-order valence-corrected chi connectivity index (χ3v) is 3.40. The highest BCUT2D eigenvalue weighted by atomic mass is 16.3. The van der Waals surface area contributed by atoms with Crippen molar-refractivity contribution in [2.45, 2.75) is 12.6 Å². The summed E-state index contributed by atoms with van der Waals surface area (Å²) in [6, 6.07) is 15.9. The van der Waals surface area contributed by atoms with E-state index < -0.39 is 12.0 Å². The third-order valence-electron chi connectivity index (χ3n) is 3.40. The SMILES string of the molecule is NC(=O)c1ccc(-c2nnn(CC(O)c3ccccc3)n2)cc1. The number of hydrogen-bond donors (Lipinski definition) is 2. The van der Waals surface area contributed by atoms with Crippen LogP contribution in [0.1, 0.15) is 22.0 Å². The standard InChI is InChI=1S/C16H15N5O2/c17-15(23)12-6-8-13(9-7-12)16-18-20-21(19-16)10-14(22)11-4-2-1-3-5-11/h1-9,14,22H,10H2,(H2,17,23). The molecule has 1 atom stereocenters. The van der Waals surface area contributed by atoms with Gasteiger partial charge in [0.25, 0.3) is 0 Å². The van der Waals surface area contributed by atoms with Gasteiger partial charge in [0, 0.05) is 11.1 Å². The van der Waals surface area contributed by atoms with Crippen LogP contribution in [0.15, 0.2) is 54.6 Å². The average Bonchev–Trinajstić information content (AvgIpc) is 3.04. The van der Waals surface area contributed by atoms with Crippen molar-refractivity contribution in [2.24, 2.45) is 5.73 Å². The Morgan fingerprint density at radius 3 is 2.48 bits per heavy atom. The molecule has 3 aromatic rings. The maximum atomic E-state index is 11.1. The van der Waals surface area contributed by atoms with Crippen molar-refractivity contribution in [3.05, 3.63) is 65.7 Å². The van der Waals surface area contributed by atoms with E-state index in [4.69, 9.17) is 5.73 Å². The summed E-state index contributed by atoms with van der Waals surface area (Å²) in [6.07, 6.45) is -0.713. The lowest BCUT2D eigenvalue weighted by Crippen LogP contribution is -2.11. The van der Waals surface area contributed by atoms with Crippen LogP contribution in [0.2, 0.25) is 0 Å². The fraction of sp³-hybridized carbons (Fsp3) is 0.125. The maximum Gasteiger partial charge on any atom is 0.248 e. The molecule has 0 aliphatic heterocycles. The minimum atomic E-state index is -0.713. The smallest absolute Gasteiger partial charge is 0.248 e. The number of carbonyl (C=O) groups excluding carboxylic acids is 1. The highest BCUT2D eigenvalue weighted by Crippen LogP contribution is 2.16. The summed E-state index contributed by atoms with van der Waals surface area (Å²) in [4.78, 5) is 12.4. The Morgan fingerprint density at radius 1 is 1.13 bits per heavy atom. The molecular weight excluding hydrogens is 294 g/mol. The van der Waals surface area contributed by atoms with Gasteiger partial charge in [0.1, 0.15) is 6.10 Å². The number of tetrazole rings is 1. The zero-order valence-corrected chi connectivity index (χ0v) is 12.2. The van der Waals surface area contributed by atoms with Crippen LogP contribution >= 0.6 is 0 Å². The molecule has 0 aliphatic carbocycles. The largest absolute Gasteiger partial charge is 0.386 e. The van der Waals surface area contributed by atoms with Crippen LogP contribution in [0.25, 0.3) is 11.4 Å². The van der Waals surface area contributed by atoms with E-state index in [0.29, 0.717) is 11.4 Å². The highest BCUT2D eigenvalue weighted by molar-refractivity contribution is 5.93. The van der Waals surface area contributed by atoms with Crippen molar-refractivity contribution in [1.29, 1.82) is 0 Å². The Bertz CT molecular complexity index is 799. The van der Waals surface area contributed by atoms with Gasteiger partial charge in [-0.2, -0.15) is 4.80 Å². The zero-order chi connectivity index (χ0) is 16.2. The van der Waals surface area contributed by atoms with Crippen LogP contribution in [-0.4, -0.2) is 31.2 Å². The van der Waals surface area contributed by atoms with Gasteiger partial charge in [-0.05, 0) is 22.9 Å². The van der Waals surface area contributed by atoms with Crippen molar-refractivity contribution in [3.8, 4) is 11.4 Å². The lowest BCUT2D eigenvalue weighted by molar-refractivity contribution is 0.1000. The summed E-state index contributed by atoms with van der Waals surface area (Å²) >= 11 is 0. The number of aliphatic hydroxyl groups is 1. The van der Waals surface area contributed by atoms with Crippen LogP contribution < -0.4 is 5.73 Å². The van der Waals surface area contributed by atoms with Crippen LogP contribution in [0.5, 0.6) is 0 Å². The zero-order valence-electron chi connectivity index (χ0n) is 12.2. The quantitative estimate of drug-likeness (QED) is 0.735. The molecule has 1 amide bonds. The van der Waals surface area contributed by atoms with Gasteiger partial charge in [0.2, 0.25) is 11.7 Å². The molecule has 7 heteroatoms. The first-order valence-electron chi connectivity index (χ1n) is 7.04. The second kappa shape index (κ2) is 6.37. The molecule has 3 N–H and O–H groups in total. The van der Waals surface area contributed by atoms with E-state index >= 15 is 0 Å². The number of nitrogens with zero attached hydrogens (tertiary/aromatic N) is 4. The van der Waals surface area contributed by atoms with E-state index in [1.807, 2.05) is 30.3 Å². The Hall–Kier alpha value is -3.06. The lowest BCUT2D eigenvalue weighted by atomic mass is 10.1. The third kappa shape index (κ3) is 3.41. The molecule has 0 saturated carbocycles. The van der Waals surface area contributed by atoms with Gasteiger partial charge in [-0.25, -0.2) is 0 Å². The average molecular weight is 309 g/mol. The second-order valence-electron chi connectivity index (χ2n) is 5.04. The topological polar surface area (TPSA) is 107 Å². The van der Waals surface area contributed by atoms with E-state index in [0.717, 1.165) is 11.1 Å². The number of primary amides is 1. The van der Waals surface area contributed by atoms with E-state index in [2.05, 4.69) is 15.4 Å². The Balaban J connectivity index is 1.74. The number of carbonyl (C=O) groups is 1. The summed E-state index contributed by atoms with van der Waals surface area (Å²) in [5, 5.41) is 22.3. The first kappa shape index (κ1) is 14.9. The van der Waals surface area contributed by atoms with E-state index in [9.17, 15) is 9.90 Å². The molecular formula is C16H15N5O2. The molecule has 1 heterocycles. The van der Waals surface area contributed by atoms with Gasteiger partial charge < -0.3 is 10.8 Å². The van der Waals surface area contributed by atoms with E-state index in [1.54, 1.807) is 24.3 Å². The molecule has 1 aromatic heterocycles. The summed E-state index contributed by atoms with van der Waals surface area (Å²) in [6.45, 7) is 0.205. The van der Waals surface area contributed by atoms with Crippen molar-refractivity contribution in [2.75, 3.05) is 0 Å². The second-order valence-corrected chi connectivity index (χ2v) is 5.04. The lowest BCUT2D eigenvalue weighted by Gasteiger charge is -2.08. The fourth-order valence-corrected chi connectivity index (χ4v) is 2.15. The van der Waals surface area contributed by atoms with Crippen molar-refractivity contribution < 1.29 is 9.90 Å². The number of amides is 1. The molecule has 116 valence electrons. The Kier molecular flexibility index (Phi) is 4.11. The summed E-state index contributed by atoms with van der Waals surface area (Å²) < 4.78 is 0. The van der Waals surface area contributed by atoms with Crippen molar-refractivity contribution in [3.63, 3.8) is 0 Å². The molecule has 7 nitrogen and oxygen atoms in total. The molecule has 0 bridgehead atoms. The molecule has 0 fully saturated rings. The van der Waals surface area contributed by atoms with Gasteiger partial charge >= 0.3 is 0 Å². The molecule has 3 rings (SSSR count). The first-order chi connectivity index (χ1) is 11.1. The number of hydrogen-bond acceptors (Lipinski definition) is 5. The van der Waals surface area contributed by atoms with Crippen LogP contribution in [-0.2, 0) is 6.54 Å². The van der Waals surface area contributed by atoms with Gasteiger partial charge in [0.05, 0.1) is 6.54 Å². The monoisotopic (exact) mass is 309 g/mol. The molecule has 0 saturated heterocycles.